The molecule has 3 saturated heterocycles. The fourth-order valence-electron chi connectivity index (χ4n) is 4.69. The van der Waals surface area contributed by atoms with Crippen LogP contribution in [0.3, 0.4) is 0 Å². The van der Waals surface area contributed by atoms with Gasteiger partial charge in [-0.3, -0.25) is 14.6 Å². The van der Waals surface area contributed by atoms with E-state index >= 15 is 0 Å². The molecular formula is C18H25N5O3. The molecule has 5 rings (SSSR count). The number of amides is 2. The molecule has 4 heterocycles. The van der Waals surface area contributed by atoms with Gasteiger partial charge in [0.15, 0.2) is 0 Å². The van der Waals surface area contributed by atoms with Crippen LogP contribution >= 0.6 is 0 Å². The fraction of sp³-hybridized carbons (Fsp3) is 0.722. The van der Waals surface area contributed by atoms with Gasteiger partial charge < -0.3 is 14.6 Å². The molecule has 1 saturated carbocycles. The van der Waals surface area contributed by atoms with Crippen molar-refractivity contribution < 1.29 is 14.3 Å². The minimum Gasteiger partial charge on any atom is -0.440 e. The van der Waals surface area contributed by atoms with Gasteiger partial charge >= 0.3 is 6.09 Å². The number of carbonyl (C=O) groups is 2. The van der Waals surface area contributed by atoms with Crippen LogP contribution in [0.2, 0.25) is 0 Å². The maximum absolute atomic E-state index is 12.4. The molecular weight excluding hydrogens is 334 g/mol. The summed E-state index contributed by atoms with van der Waals surface area (Å²) in [5.74, 6) is 0.553. The number of piperidine rings is 1. The Morgan fingerprint density at radius 1 is 1.27 bits per heavy atom. The molecule has 8 heteroatoms. The number of H-pyrrole nitrogens is 1. The molecule has 1 aromatic rings. The average molecular weight is 359 g/mol. The molecule has 4 aliphatic rings. The molecule has 1 aromatic heterocycles. The highest BCUT2D eigenvalue weighted by Gasteiger charge is 2.57. The van der Waals surface area contributed by atoms with Gasteiger partial charge in [-0.2, -0.15) is 0 Å². The normalized spacial score (nSPS) is 28.3. The van der Waals surface area contributed by atoms with Gasteiger partial charge in [0, 0.05) is 69.9 Å². The Morgan fingerprint density at radius 2 is 2.08 bits per heavy atom. The van der Waals surface area contributed by atoms with Crippen molar-refractivity contribution in [1.29, 1.82) is 0 Å². The maximum atomic E-state index is 12.4. The molecule has 2 amide bonds. The van der Waals surface area contributed by atoms with Gasteiger partial charge in [-0.25, -0.2) is 9.78 Å². The number of ether oxygens (including phenoxy) is 1. The molecule has 1 unspecified atom stereocenters. The van der Waals surface area contributed by atoms with Gasteiger partial charge in [-0.1, -0.05) is 0 Å². The molecule has 0 aromatic carbocycles. The Balaban J connectivity index is 1.28. The number of nitrogens with zero attached hydrogens (tertiary/aromatic N) is 4. The summed E-state index contributed by atoms with van der Waals surface area (Å²) in [5, 5.41) is 0. The highest BCUT2D eigenvalue weighted by Crippen LogP contribution is 2.41. The lowest BCUT2D eigenvalue weighted by Gasteiger charge is -2.45. The van der Waals surface area contributed by atoms with Crippen LogP contribution in [0.25, 0.3) is 0 Å². The van der Waals surface area contributed by atoms with Crippen molar-refractivity contribution in [1.82, 2.24) is 24.7 Å². The van der Waals surface area contributed by atoms with Crippen molar-refractivity contribution in [2.45, 2.75) is 43.9 Å². The largest absolute Gasteiger partial charge is 0.440 e. The quantitative estimate of drug-likeness (QED) is 0.864. The van der Waals surface area contributed by atoms with E-state index in [1.54, 1.807) is 6.33 Å². The van der Waals surface area contributed by atoms with Crippen molar-refractivity contribution in [2.75, 3.05) is 32.7 Å². The topological polar surface area (TPSA) is 81.8 Å². The first-order chi connectivity index (χ1) is 12.6. The summed E-state index contributed by atoms with van der Waals surface area (Å²) in [6, 6.07) is 0.0739. The lowest BCUT2D eigenvalue weighted by molar-refractivity contribution is -0.137. The summed E-state index contributed by atoms with van der Waals surface area (Å²) in [7, 11) is 0. The van der Waals surface area contributed by atoms with Crippen molar-refractivity contribution in [3.05, 3.63) is 18.2 Å². The Hall–Kier alpha value is -2.09. The van der Waals surface area contributed by atoms with Crippen molar-refractivity contribution in [2.24, 2.45) is 5.92 Å². The standard InChI is InChI=1S/C18H25N5O3/c24-16(13-1-2-13)22-5-3-18(4-6-22)15-11-21(10-14-9-19-12-20-14)7-8-23(15)17(25)26-18/h9,12-13,15H,1-8,10-11H2,(H,19,20). The molecule has 0 bridgehead atoms. The molecule has 1 atom stereocenters. The van der Waals surface area contributed by atoms with Gasteiger partial charge in [0.1, 0.15) is 5.60 Å². The number of hydrogen-bond donors (Lipinski definition) is 1. The summed E-state index contributed by atoms with van der Waals surface area (Å²) >= 11 is 0. The summed E-state index contributed by atoms with van der Waals surface area (Å²) in [6.07, 6.45) is 6.93. The lowest BCUT2D eigenvalue weighted by Crippen LogP contribution is -2.60. The van der Waals surface area contributed by atoms with Gasteiger partial charge in [-0.15, -0.1) is 0 Å². The van der Waals surface area contributed by atoms with Gasteiger partial charge in [0.05, 0.1) is 12.4 Å². The Labute approximate surface area is 152 Å². The number of likely N-dealkylation sites (tertiary alicyclic amines) is 1. The van der Waals surface area contributed by atoms with Crippen LogP contribution in [-0.2, 0) is 16.1 Å². The van der Waals surface area contributed by atoms with Crippen LogP contribution in [-0.4, -0.2) is 81.0 Å². The van der Waals surface area contributed by atoms with Crippen molar-refractivity contribution >= 4 is 12.0 Å². The maximum Gasteiger partial charge on any atom is 0.410 e. The second kappa shape index (κ2) is 5.97. The zero-order valence-electron chi connectivity index (χ0n) is 14.9. The van der Waals surface area contributed by atoms with E-state index < -0.39 is 5.60 Å². The van der Waals surface area contributed by atoms with Crippen molar-refractivity contribution in [3.63, 3.8) is 0 Å². The Bertz CT molecular complexity index is 694. The molecule has 1 spiro atoms. The number of aromatic nitrogens is 2. The third-order valence-corrected chi connectivity index (χ3v) is 6.39. The zero-order chi connectivity index (χ0) is 17.7. The van der Waals surface area contributed by atoms with E-state index in [1.165, 1.54) is 0 Å². The van der Waals surface area contributed by atoms with E-state index in [4.69, 9.17) is 4.74 Å². The number of hydrogen-bond acceptors (Lipinski definition) is 5. The minimum absolute atomic E-state index is 0.0739. The van der Waals surface area contributed by atoms with E-state index in [0.717, 1.165) is 51.0 Å². The third kappa shape index (κ3) is 2.67. The van der Waals surface area contributed by atoms with Crippen LogP contribution in [0.4, 0.5) is 4.79 Å². The highest BCUT2D eigenvalue weighted by atomic mass is 16.6. The highest BCUT2D eigenvalue weighted by molar-refractivity contribution is 5.81. The van der Waals surface area contributed by atoms with Crippen LogP contribution in [0, 0.1) is 5.92 Å². The number of rotatable bonds is 3. The summed E-state index contributed by atoms with van der Waals surface area (Å²) < 4.78 is 5.93. The first-order valence-electron chi connectivity index (χ1n) is 9.63. The number of piperazine rings is 1. The summed E-state index contributed by atoms with van der Waals surface area (Å²) in [4.78, 5) is 38.2. The van der Waals surface area contributed by atoms with E-state index in [9.17, 15) is 9.59 Å². The summed E-state index contributed by atoms with van der Waals surface area (Å²) in [5.41, 5.74) is 0.645. The first kappa shape index (κ1) is 16.1. The summed E-state index contributed by atoms with van der Waals surface area (Å²) in [6.45, 7) is 4.56. The molecule has 0 radical (unpaired) electrons. The zero-order valence-corrected chi connectivity index (χ0v) is 14.9. The molecule has 1 aliphatic carbocycles. The van der Waals surface area contributed by atoms with Crippen LogP contribution in [0.1, 0.15) is 31.4 Å². The second-order valence-corrected chi connectivity index (χ2v) is 8.05. The monoisotopic (exact) mass is 359 g/mol. The van der Waals surface area contributed by atoms with Gasteiger partial charge in [-0.05, 0) is 12.8 Å². The molecule has 8 nitrogen and oxygen atoms in total. The smallest absolute Gasteiger partial charge is 0.410 e. The third-order valence-electron chi connectivity index (χ3n) is 6.39. The SMILES string of the molecule is O=C(C1CC1)N1CCC2(CC1)OC(=O)N1CCN(Cc3cnc[nH]3)CC12. The van der Waals surface area contributed by atoms with Crippen LogP contribution in [0.15, 0.2) is 12.5 Å². The fourth-order valence-corrected chi connectivity index (χ4v) is 4.69. The number of nitrogens with one attached hydrogen (secondary N) is 1. The molecule has 1 N–H and O–H groups in total. The Morgan fingerprint density at radius 3 is 2.77 bits per heavy atom. The van der Waals surface area contributed by atoms with E-state index in [2.05, 4.69) is 14.9 Å². The average Bonchev–Trinajstić information content (AvgIpc) is 3.32. The Kier molecular flexibility index (Phi) is 3.70. The first-order valence-corrected chi connectivity index (χ1v) is 9.63. The molecule has 26 heavy (non-hydrogen) atoms. The number of aromatic amines is 1. The van der Waals surface area contributed by atoms with Gasteiger partial charge in [0.25, 0.3) is 0 Å². The molecule has 4 fully saturated rings. The van der Waals surface area contributed by atoms with E-state index in [-0.39, 0.29) is 18.1 Å². The van der Waals surface area contributed by atoms with E-state index in [1.807, 2.05) is 16.0 Å². The lowest BCUT2D eigenvalue weighted by atomic mass is 9.83. The van der Waals surface area contributed by atoms with E-state index in [0.29, 0.717) is 25.5 Å². The second-order valence-electron chi connectivity index (χ2n) is 8.05. The van der Waals surface area contributed by atoms with Crippen LogP contribution < -0.4 is 0 Å². The number of carbonyl (C=O) groups excluding carboxylic acids is 2. The van der Waals surface area contributed by atoms with Gasteiger partial charge in [0.2, 0.25) is 5.91 Å². The molecule has 3 aliphatic heterocycles. The number of imidazole rings is 1. The minimum atomic E-state index is -0.440. The predicted octanol–water partition coefficient (Wildman–Crippen LogP) is 0.817. The predicted molar refractivity (Wildman–Crippen MR) is 92.1 cm³/mol. The van der Waals surface area contributed by atoms with Crippen molar-refractivity contribution in [3.8, 4) is 0 Å². The van der Waals surface area contributed by atoms with Crippen LogP contribution in [0.5, 0.6) is 0 Å². The number of fused-ring (bicyclic) bond motifs is 2. The molecule has 140 valence electrons.